The predicted octanol–water partition coefficient (Wildman–Crippen LogP) is 5.04. The van der Waals surface area contributed by atoms with Crippen LogP contribution < -0.4 is 4.74 Å². The Kier molecular flexibility index (Phi) is 7.48. The number of aryl methyl sites for hydroxylation is 1. The van der Waals surface area contributed by atoms with E-state index in [1.807, 2.05) is 13.0 Å². The molecule has 1 aromatic carbocycles. The van der Waals surface area contributed by atoms with E-state index in [0.717, 1.165) is 18.4 Å². The summed E-state index contributed by atoms with van der Waals surface area (Å²) in [5.41, 5.74) is 2.10. The van der Waals surface area contributed by atoms with Gasteiger partial charge in [-0.1, -0.05) is 46.8 Å². The van der Waals surface area contributed by atoms with Gasteiger partial charge < -0.3 is 9.16 Å². The molecule has 0 aromatic heterocycles. The van der Waals surface area contributed by atoms with E-state index in [-0.39, 0.29) is 17.5 Å². The first kappa shape index (κ1) is 19.9. The van der Waals surface area contributed by atoms with Crippen LogP contribution in [-0.4, -0.2) is 15.0 Å². The quantitative estimate of drug-likeness (QED) is 0.397. The molecule has 0 fully saturated rings. The molecule has 0 radical (unpaired) electrons. The number of carbonyl (C=O) groups excluding carboxylic acids is 1. The van der Waals surface area contributed by atoms with Crippen molar-refractivity contribution >= 4 is 15.0 Å². The van der Waals surface area contributed by atoms with Gasteiger partial charge in [0.15, 0.2) is 9.04 Å². The maximum absolute atomic E-state index is 12.0. The molecular weight excluding hydrogens is 304 g/mol. The zero-order valence-electron chi connectivity index (χ0n) is 15.7. The second kappa shape index (κ2) is 8.64. The number of benzene rings is 1. The molecule has 0 heterocycles. The minimum absolute atomic E-state index is 0.0586. The fourth-order valence-electron chi connectivity index (χ4n) is 2.50. The number of rotatable bonds is 7. The Morgan fingerprint density at radius 1 is 1.22 bits per heavy atom. The number of carbonyl (C=O) groups is 1. The van der Waals surface area contributed by atoms with Crippen LogP contribution >= 0.6 is 0 Å². The lowest BCUT2D eigenvalue weighted by atomic mass is 9.84. The van der Waals surface area contributed by atoms with Gasteiger partial charge in [0.05, 0.1) is 6.10 Å². The second-order valence-electron chi connectivity index (χ2n) is 7.38. The summed E-state index contributed by atoms with van der Waals surface area (Å²) in [5.74, 6) is 0.494. The van der Waals surface area contributed by atoms with E-state index >= 15 is 0 Å². The fourth-order valence-corrected chi connectivity index (χ4v) is 3.60. The first-order valence-electron chi connectivity index (χ1n) is 8.68. The first-order valence-corrected chi connectivity index (χ1v) is 11.5. The van der Waals surface area contributed by atoms with Gasteiger partial charge in [0, 0.05) is 12.0 Å². The molecule has 0 spiro atoms. The van der Waals surface area contributed by atoms with Crippen molar-refractivity contribution in [2.45, 2.75) is 73.1 Å². The van der Waals surface area contributed by atoms with Crippen molar-refractivity contribution in [3.63, 3.8) is 0 Å². The van der Waals surface area contributed by atoms with Crippen LogP contribution in [-0.2, 0) is 15.6 Å². The van der Waals surface area contributed by atoms with Crippen LogP contribution in [0.1, 0.15) is 64.7 Å². The largest absolute Gasteiger partial charge is 0.426 e. The second-order valence-corrected chi connectivity index (χ2v) is 9.75. The molecule has 0 aliphatic heterocycles. The summed E-state index contributed by atoms with van der Waals surface area (Å²) in [5, 5.41) is 0. The monoisotopic (exact) mass is 336 g/mol. The Labute approximate surface area is 143 Å². The highest BCUT2D eigenvalue weighted by Gasteiger charge is 2.31. The highest BCUT2D eigenvalue weighted by Crippen LogP contribution is 2.41. The third kappa shape index (κ3) is 6.11. The molecule has 1 unspecified atom stereocenters. The lowest BCUT2D eigenvalue weighted by Gasteiger charge is -2.34. The summed E-state index contributed by atoms with van der Waals surface area (Å²) in [6.07, 6.45) is 2.08. The Bertz CT molecular complexity index is 518. The van der Waals surface area contributed by atoms with Gasteiger partial charge >= 0.3 is 5.97 Å². The van der Waals surface area contributed by atoms with Crippen LogP contribution in [0.25, 0.3) is 0 Å². The lowest BCUT2D eigenvalue weighted by molar-refractivity contribution is -0.134. The molecular formula is C19H32O3Si. The Balaban J connectivity index is 3.27. The van der Waals surface area contributed by atoms with Crippen molar-refractivity contribution in [3.8, 4) is 5.75 Å². The highest BCUT2D eigenvalue weighted by atomic mass is 28.3. The normalized spacial score (nSPS) is 13.2. The van der Waals surface area contributed by atoms with Gasteiger partial charge in [0.25, 0.3) is 0 Å². The van der Waals surface area contributed by atoms with Crippen molar-refractivity contribution in [2.75, 3.05) is 0 Å². The molecule has 1 atom stereocenters. The van der Waals surface area contributed by atoms with Crippen molar-refractivity contribution < 1.29 is 14.0 Å². The van der Waals surface area contributed by atoms with Crippen LogP contribution in [0.3, 0.4) is 0 Å². The topological polar surface area (TPSA) is 35.5 Å². The van der Waals surface area contributed by atoms with Crippen LogP contribution in [0.15, 0.2) is 18.2 Å². The predicted molar refractivity (Wildman–Crippen MR) is 98.5 cm³/mol. The van der Waals surface area contributed by atoms with E-state index in [1.54, 1.807) is 0 Å². The maximum Gasteiger partial charge on any atom is 0.311 e. The van der Waals surface area contributed by atoms with Crippen molar-refractivity contribution in [2.24, 2.45) is 5.41 Å². The summed E-state index contributed by atoms with van der Waals surface area (Å²) in [6, 6.07) is 6.17. The zero-order valence-corrected chi connectivity index (χ0v) is 16.9. The Hall–Kier alpha value is -1.13. The third-order valence-electron chi connectivity index (χ3n) is 3.64. The van der Waals surface area contributed by atoms with Gasteiger partial charge in [-0.05, 0) is 43.0 Å². The van der Waals surface area contributed by atoms with Crippen molar-refractivity contribution in [1.29, 1.82) is 0 Å². The van der Waals surface area contributed by atoms with Crippen LogP contribution in [0, 0.1) is 5.41 Å². The smallest absolute Gasteiger partial charge is 0.311 e. The molecule has 0 amide bonds. The van der Waals surface area contributed by atoms with Crippen LogP contribution in [0.5, 0.6) is 5.75 Å². The Morgan fingerprint density at radius 2 is 1.87 bits per heavy atom. The molecule has 1 aromatic rings. The van der Waals surface area contributed by atoms with E-state index in [9.17, 15) is 4.79 Å². The van der Waals surface area contributed by atoms with Gasteiger partial charge in [-0.15, -0.1) is 0 Å². The average Bonchev–Trinajstić information content (AvgIpc) is 2.44. The summed E-state index contributed by atoms with van der Waals surface area (Å²) in [7, 11) is -1.23. The molecule has 0 aliphatic rings. The molecule has 23 heavy (non-hydrogen) atoms. The molecule has 4 heteroatoms. The minimum atomic E-state index is -1.23. The number of hydrogen-bond donors (Lipinski definition) is 0. The van der Waals surface area contributed by atoms with Crippen LogP contribution in [0.2, 0.25) is 13.1 Å². The highest BCUT2D eigenvalue weighted by molar-refractivity contribution is 6.48. The molecule has 0 aliphatic carbocycles. The summed E-state index contributed by atoms with van der Waals surface area (Å²) < 4.78 is 12.0. The van der Waals surface area contributed by atoms with E-state index < -0.39 is 9.04 Å². The van der Waals surface area contributed by atoms with Crippen LogP contribution in [0.4, 0.5) is 0 Å². The zero-order chi connectivity index (χ0) is 17.6. The number of esters is 1. The standard InChI is InChI=1S/C19H32O3Si/c1-8-10-17(20)21-16-13-14(9-2)11-12-15(16)18(19(3,4)5)22-23(6)7/h11-13,18,23H,8-10H2,1-7H3. The summed E-state index contributed by atoms with van der Waals surface area (Å²) >= 11 is 0. The molecule has 0 saturated carbocycles. The van der Waals surface area contributed by atoms with Gasteiger partial charge in [0.2, 0.25) is 0 Å². The average molecular weight is 337 g/mol. The SMILES string of the molecule is CCCC(=O)Oc1cc(CC)ccc1C(O[SiH](C)C)C(C)(C)C. The van der Waals surface area contributed by atoms with Gasteiger partial charge in [-0.3, -0.25) is 4.79 Å². The number of hydrogen-bond acceptors (Lipinski definition) is 3. The van der Waals surface area contributed by atoms with Gasteiger partial charge in [-0.25, -0.2) is 0 Å². The molecule has 3 nitrogen and oxygen atoms in total. The molecule has 0 bridgehead atoms. The van der Waals surface area contributed by atoms with E-state index in [2.05, 4.69) is 52.9 Å². The lowest BCUT2D eigenvalue weighted by Crippen LogP contribution is -2.26. The Morgan fingerprint density at radius 3 is 2.35 bits per heavy atom. The first-order chi connectivity index (χ1) is 10.7. The van der Waals surface area contributed by atoms with E-state index in [0.29, 0.717) is 12.2 Å². The molecule has 130 valence electrons. The van der Waals surface area contributed by atoms with Gasteiger partial charge in [-0.2, -0.15) is 0 Å². The third-order valence-corrected chi connectivity index (χ3v) is 4.46. The maximum atomic E-state index is 12.0. The van der Waals surface area contributed by atoms with Crippen molar-refractivity contribution in [3.05, 3.63) is 29.3 Å². The fraction of sp³-hybridized carbons (Fsp3) is 0.632. The summed E-state index contributed by atoms with van der Waals surface area (Å²) in [4.78, 5) is 12.0. The van der Waals surface area contributed by atoms with E-state index in [4.69, 9.17) is 9.16 Å². The molecule has 0 N–H and O–H groups in total. The summed E-state index contributed by atoms with van der Waals surface area (Å²) in [6.45, 7) is 14.9. The minimum Gasteiger partial charge on any atom is -0.426 e. The van der Waals surface area contributed by atoms with Crippen molar-refractivity contribution in [1.82, 2.24) is 0 Å². The van der Waals surface area contributed by atoms with Gasteiger partial charge in [0.1, 0.15) is 5.75 Å². The number of ether oxygens (including phenoxy) is 1. The molecule has 0 saturated heterocycles. The molecule has 1 rings (SSSR count). The van der Waals surface area contributed by atoms with E-state index in [1.165, 1.54) is 5.56 Å².